The van der Waals surface area contributed by atoms with Crippen molar-refractivity contribution in [1.29, 1.82) is 0 Å². The van der Waals surface area contributed by atoms with E-state index in [-0.39, 0.29) is 23.7 Å². The standard InChI is InChI=1S/C22H19F3N6O2/c1-13(2)19-29-21(33-30-19)15-7-8-18(26-10-15)31-11-17(28-12-31)20(32)27-9-14-5-3-4-6-16(14)22(23,24)25/h3-8,10-13H,9H2,1-2H3,(H,27,32). The van der Waals surface area contributed by atoms with Gasteiger partial charge in [-0.25, -0.2) is 9.97 Å². The first-order valence-electron chi connectivity index (χ1n) is 10.00. The van der Waals surface area contributed by atoms with E-state index < -0.39 is 17.6 Å². The molecule has 0 spiro atoms. The predicted octanol–water partition coefficient (Wildman–Crippen LogP) is 4.39. The lowest BCUT2D eigenvalue weighted by Crippen LogP contribution is -2.24. The Morgan fingerprint density at radius 2 is 1.94 bits per heavy atom. The van der Waals surface area contributed by atoms with E-state index in [1.54, 1.807) is 18.3 Å². The number of halogens is 3. The highest BCUT2D eigenvalue weighted by Crippen LogP contribution is 2.31. The van der Waals surface area contributed by atoms with E-state index >= 15 is 0 Å². The van der Waals surface area contributed by atoms with Crippen LogP contribution in [0.4, 0.5) is 13.2 Å². The van der Waals surface area contributed by atoms with Crippen LogP contribution in [0.1, 0.15) is 47.2 Å². The summed E-state index contributed by atoms with van der Waals surface area (Å²) < 4.78 is 46.1. The molecule has 0 saturated heterocycles. The molecule has 0 aliphatic heterocycles. The first kappa shape index (κ1) is 22.2. The molecule has 0 fully saturated rings. The minimum atomic E-state index is -4.50. The third-order valence-corrected chi connectivity index (χ3v) is 4.79. The molecular formula is C22H19F3N6O2. The van der Waals surface area contributed by atoms with Gasteiger partial charge in [-0.05, 0) is 23.8 Å². The van der Waals surface area contributed by atoms with Crippen LogP contribution in [0.5, 0.6) is 0 Å². The molecule has 0 radical (unpaired) electrons. The lowest BCUT2D eigenvalue weighted by molar-refractivity contribution is -0.138. The summed E-state index contributed by atoms with van der Waals surface area (Å²) in [5, 5.41) is 6.39. The Labute approximate surface area is 186 Å². The molecule has 33 heavy (non-hydrogen) atoms. The molecule has 170 valence electrons. The van der Waals surface area contributed by atoms with Gasteiger partial charge in [-0.3, -0.25) is 9.36 Å². The van der Waals surface area contributed by atoms with E-state index in [1.165, 1.54) is 35.3 Å². The number of alkyl halides is 3. The van der Waals surface area contributed by atoms with Crippen LogP contribution < -0.4 is 5.32 Å². The highest BCUT2D eigenvalue weighted by molar-refractivity contribution is 5.92. The number of imidazole rings is 1. The van der Waals surface area contributed by atoms with Gasteiger partial charge < -0.3 is 9.84 Å². The lowest BCUT2D eigenvalue weighted by atomic mass is 10.1. The van der Waals surface area contributed by atoms with Crippen LogP contribution in [0.15, 0.2) is 59.6 Å². The van der Waals surface area contributed by atoms with Gasteiger partial charge in [-0.15, -0.1) is 0 Å². The quantitative estimate of drug-likeness (QED) is 0.462. The summed E-state index contributed by atoms with van der Waals surface area (Å²) >= 11 is 0. The zero-order chi connectivity index (χ0) is 23.6. The number of nitrogens with zero attached hydrogens (tertiary/aromatic N) is 5. The summed E-state index contributed by atoms with van der Waals surface area (Å²) in [6, 6.07) is 8.52. The Morgan fingerprint density at radius 3 is 2.61 bits per heavy atom. The molecule has 1 N–H and O–H groups in total. The summed E-state index contributed by atoms with van der Waals surface area (Å²) in [6.45, 7) is 3.63. The maximum atomic E-state index is 13.1. The minimum absolute atomic E-state index is 0.0308. The fraction of sp³-hybridized carbons (Fsp3) is 0.227. The molecule has 3 aromatic heterocycles. The summed E-state index contributed by atoms with van der Waals surface area (Å²) in [5.74, 6) is 0.956. The molecule has 4 aromatic rings. The van der Waals surface area contributed by atoms with Crippen molar-refractivity contribution in [3.05, 3.63) is 77.8 Å². The number of hydrogen-bond donors (Lipinski definition) is 1. The molecule has 0 aliphatic carbocycles. The van der Waals surface area contributed by atoms with Gasteiger partial charge in [-0.2, -0.15) is 18.2 Å². The molecular weight excluding hydrogens is 437 g/mol. The van der Waals surface area contributed by atoms with Crippen molar-refractivity contribution in [3.8, 4) is 17.3 Å². The number of amides is 1. The SMILES string of the molecule is CC(C)c1noc(-c2ccc(-n3cnc(C(=O)NCc4ccccc4C(F)(F)F)c3)nc2)n1. The van der Waals surface area contributed by atoms with E-state index in [2.05, 4.69) is 25.4 Å². The van der Waals surface area contributed by atoms with Crippen molar-refractivity contribution in [2.45, 2.75) is 32.5 Å². The van der Waals surface area contributed by atoms with Crippen molar-refractivity contribution < 1.29 is 22.5 Å². The summed E-state index contributed by atoms with van der Waals surface area (Å²) in [6.07, 6.45) is -0.111. The number of hydrogen-bond acceptors (Lipinski definition) is 6. The highest BCUT2D eigenvalue weighted by Gasteiger charge is 2.32. The summed E-state index contributed by atoms with van der Waals surface area (Å²) in [7, 11) is 0. The first-order valence-corrected chi connectivity index (χ1v) is 10.00. The topological polar surface area (TPSA) is 98.7 Å². The average Bonchev–Trinajstić information content (AvgIpc) is 3.48. The van der Waals surface area contributed by atoms with Crippen LogP contribution in [0, 0.1) is 0 Å². The normalized spacial score (nSPS) is 11.7. The molecule has 0 unspecified atom stereocenters. The van der Waals surface area contributed by atoms with Gasteiger partial charge in [0, 0.05) is 24.9 Å². The largest absolute Gasteiger partial charge is 0.416 e. The van der Waals surface area contributed by atoms with Gasteiger partial charge in [0.25, 0.3) is 11.8 Å². The second-order valence-corrected chi connectivity index (χ2v) is 7.52. The van der Waals surface area contributed by atoms with Crippen molar-refractivity contribution in [3.63, 3.8) is 0 Å². The van der Waals surface area contributed by atoms with Crippen molar-refractivity contribution in [1.82, 2.24) is 30.0 Å². The van der Waals surface area contributed by atoms with Gasteiger partial charge >= 0.3 is 6.18 Å². The maximum absolute atomic E-state index is 13.1. The van der Waals surface area contributed by atoms with E-state index in [1.807, 2.05) is 13.8 Å². The second-order valence-electron chi connectivity index (χ2n) is 7.52. The van der Waals surface area contributed by atoms with E-state index in [0.717, 1.165) is 6.07 Å². The van der Waals surface area contributed by atoms with Gasteiger partial charge in [0.2, 0.25) is 0 Å². The Hall–Kier alpha value is -4.02. The summed E-state index contributed by atoms with van der Waals surface area (Å²) in [4.78, 5) is 25.1. The third-order valence-electron chi connectivity index (χ3n) is 4.79. The molecule has 4 rings (SSSR count). The van der Waals surface area contributed by atoms with Gasteiger partial charge in [0.05, 0.1) is 11.1 Å². The fourth-order valence-electron chi connectivity index (χ4n) is 3.03. The van der Waals surface area contributed by atoms with Crippen LogP contribution >= 0.6 is 0 Å². The second kappa shape index (κ2) is 8.85. The smallest absolute Gasteiger partial charge is 0.347 e. The highest BCUT2D eigenvalue weighted by atomic mass is 19.4. The number of pyridine rings is 1. The van der Waals surface area contributed by atoms with Crippen LogP contribution in [0.3, 0.4) is 0 Å². The third kappa shape index (κ3) is 4.92. The monoisotopic (exact) mass is 456 g/mol. The van der Waals surface area contributed by atoms with E-state index in [4.69, 9.17) is 4.52 Å². The van der Waals surface area contributed by atoms with Gasteiger partial charge in [0.1, 0.15) is 17.8 Å². The molecule has 0 aliphatic rings. The molecule has 1 amide bonds. The molecule has 8 nitrogen and oxygen atoms in total. The van der Waals surface area contributed by atoms with Crippen LogP contribution in [-0.4, -0.2) is 30.6 Å². The average molecular weight is 456 g/mol. The Balaban J connectivity index is 1.44. The van der Waals surface area contributed by atoms with Gasteiger partial charge in [0.15, 0.2) is 5.82 Å². The molecule has 0 saturated carbocycles. The molecule has 3 heterocycles. The van der Waals surface area contributed by atoms with Crippen LogP contribution in [0.25, 0.3) is 17.3 Å². The van der Waals surface area contributed by atoms with Crippen LogP contribution in [0.2, 0.25) is 0 Å². The molecule has 11 heteroatoms. The fourth-order valence-corrected chi connectivity index (χ4v) is 3.03. The zero-order valence-electron chi connectivity index (χ0n) is 17.7. The molecule has 1 aromatic carbocycles. The number of benzene rings is 1. The van der Waals surface area contributed by atoms with Gasteiger partial charge in [-0.1, -0.05) is 37.2 Å². The first-order chi connectivity index (χ1) is 15.7. The Bertz CT molecular complexity index is 1260. The lowest BCUT2D eigenvalue weighted by Gasteiger charge is -2.12. The number of carbonyl (C=O) groups is 1. The Morgan fingerprint density at radius 1 is 1.15 bits per heavy atom. The van der Waals surface area contributed by atoms with Crippen molar-refractivity contribution >= 4 is 5.91 Å². The molecule has 0 atom stereocenters. The number of nitrogens with one attached hydrogen (secondary N) is 1. The zero-order valence-corrected chi connectivity index (χ0v) is 17.7. The number of rotatable bonds is 6. The number of aromatic nitrogens is 5. The van der Waals surface area contributed by atoms with Crippen molar-refractivity contribution in [2.24, 2.45) is 0 Å². The molecule has 0 bridgehead atoms. The van der Waals surface area contributed by atoms with E-state index in [0.29, 0.717) is 23.1 Å². The van der Waals surface area contributed by atoms with E-state index in [9.17, 15) is 18.0 Å². The number of carbonyl (C=O) groups excluding carboxylic acids is 1. The maximum Gasteiger partial charge on any atom is 0.416 e. The predicted molar refractivity (Wildman–Crippen MR) is 111 cm³/mol. The minimum Gasteiger partial charge on any atom is -0.347 e. The Kier molecular flexibility index (Phi) is 5.95. The summed E-state index contributed by atoms with van der Waals surface area (Å²) in [5.41, 5.74) is -0.137. The van der Waals surface area contributed by atoms with Crippen molar-refractivity contribution in [2.75, 3.05) is 0 Å². The van der Waals surface area contributed by atoms with Crippen LogP contribution in [-0.2, 0) is 12.7 Å².